The fourth-order valence-corrected chi connectivity index (χ4v) is 9.11. The molecule has 9 heteroatoms. The normalized spacial score (nSPS) is 14.1. The Hall–Kier alpha value is -0.760. The first-order valence-corrected chi connectivity index (χ1v) is 29.0. The summed E-state index contributed by atoms with van der Waals surface area (Å²) in [6, 6.07) is -0.800. The molecule has 0 aromatic rings. The zero-order valence-electron chi connectivity index (χ0n) is 42.8. The predicted molar refractivity (Wildman–Crippen MR) is 270 cm³/mol. The third-order valence-electron chi connectivity index (χ3n) is 12.8. The Balaban J connectivity index is 4.20. The summed E-state index contributed by atoms with van der Waals surface area (Å²) in [5, 5.41) is 14.0. The number of nitrogens with zero attached hydrogens (tertiary/aromatic N) is 1. The van der Waals surface area contributed by atoms with Crippen LogP contribution in [0, 0.1) is 0 Å². The van der Waals surface area contributed by atoms with E-state index in [0.29, 0.717) is 23.9 Å². The van der Waals surface area contributed by atoms with Gasteiger partial charge < -0.3 is 28.8 Å². The molecule has 0 radical (unpaired) electrons. The van der Waals surface area contributed by atoms with Gasteiger partial charge in [0.1, 0.15) is 13.2 Å². The highest BCUT2D eigenvalue weighted by molar-refractivity contribution is 7.45. The molecule has 0 saturated carbocycles. The summed E-state index contributed by atoms with van der Waals surface area (Å²) >= 11 is 0. The van der Waals surface area contributed by atoms with Crippen molar-refractivity contribution in [1.29, 1.82) is 0 Å². The van der Waals surface area contributed by atoms with Gasteiger partial charge in [-0.3, -0.25) is 9.36 Å². The van der Waals surface area contributed by atoms with Crippen molar-refractivity contribution in [2.45, 2.75) is 289 Å². The van der Waals surface area contributed by atoms with Crippen molar-refractivity contribution < 1.29 is 32.9 Å². The third kappa shape index (κ3) is 49.0. The number of carbonyl (C=O) groups is 1. The average molecular weight is 913 g/mol. The maximum atomic E-state index is 13.0. The van der Waals surface area contributed by atoms with Crippen molar-refractivity contribution in [1.82, 2.24) is 5.32 Å². The zero-order valence-corrected chi connectivity index (χ0v) is 43.7. The van der Waals surface area contributed by atoms with Gasteiger partial charge in [-0.2, -0.15) is 0 Å². The summed E-state index contributed by atoms with van der Waals surface area (Å²) in [4.78, 5) is 25.5. The predicted octanol–water partition coefficient (Wildman–Crippen LogP) is 15.6. The quantitative estimate of drug-likeness (QED) is 0.0272. The Labute approximate surface area is 392 Å². The molecule has 0 aromatic carbocycles. The number of amides is 1. The number of hydrogen-bond acceptors (Lipinski definition) is 6. The molecule has 0 fully saturated rings. The molecule has 2 N–H and O–H groups in total. The van der Waals surface area contributed by atoms with Crippen molar-refractivity contribution in [2.75, 3.05) is 40.9 Å². The summed E-state index contributed by atoms with van der Waals surface area (Å²) in [6.07, 6.45) is 55.1. The molecule has 0 saturated heterocycles. The van der Waals surface area contributed by atoms with Gasteiger partial charge in [-0.05, 0) is 38.5 Å². The molecule has 0 rings (SSSR count). The first kappa shape index (κ1) is 62.2. The van der Waals surface area contributed by atoms with Gasteiger partial charge in [0.2, 0.25) is 5.91 Å². The Kier molecular flexibility index (Phi) is 45.8. The Morgan fingerprint density at radius 2 is 0.873 bits per heavy atom. The van der Waals surface area contributed by atoms with Crippen LogP contribution in [0.5, 0.6) is 0 Å². The number of phosphoric ester groups is 1. The van der Waals surface area contributed by atoms with Gasteiger partial charge >= 0.3 is 0 Å². The van der Waals surface area contributed by atoms with Crippen molar-refractivity contribution in [3.63, 3.8) is 0 Å². The van der Waals surface area contributed by atoms with Crippen molar-refractivity contribution in [3.8, 4) is 0 Å². The van der Waals surface area contributed by atoms with Crippen LogP contribution in [0.2, 0.25) is 0 Å². The monoisotopic (exact) mass is 913 g/mol. The van der Waals surface area contributed by atoms with Crippen LogP contribution < -0.4 is 10.2 Å². The first-order valence-electron chi connectivity index (χ1n) is 27.5. The van der Waals surface area contributed by atoms with E-state index >= 15 is 0 Å². The second-order valence-corrected chi connectivity index (χ2v) is 21.7. The lowest BCUT2D eigenvalue weighted by molar-refractivity contribution is -0.870. The molecule has 3 atom stereocenters. The molecule has 0 aromatic heterocycles. The number of unbranched alkanes of at least 4 members (excludes halogenated alkanes) is 36. The van der Waals surface area contributed by atoms with Crippen molar-refractivity contribution >= 4 is 13.7 Å². The van der Waals surface area contributed by atoms with E-state index < -0.39 is 20.0 Å². The fraction of sp³-hybridized carbons (Fsp3) is 0.944. The highest BCUT2D eigenvalue weighted by atomic mass is 31.2. The number of nitrogens with one attached hydrogen (secondary N) is 1. The number of rotatable bonds is 51. The molecule has 376 valence electrons. The second-order valence-electron chi connectivity index (χ2n) is 20.3. The van der Waals surface area contributed by atoms with Crippen LogP contribution in [0.1, 0.15) is 277 Å². The van der Waals surface area contributed by atoms with Gasteiger partial charge in [-0.25, -0.2) is 0 Å². The third-order valence-corrected chi connectivity index (χ3v) is 13.7. The summed E-state index contributed by atoms with van der Waals surface area (Å²) in [6.45, 7) is 4.76. The lowest BCUT2D eigenvalue weighted by Crippen LogP contribution is -2.46. The van der Waals surface area contributed by atoms with Crippen LogP contribution in [-0.2, 0) is 18.4 Å². The molecule has 0 aliphatic rings. The molecule has 0 spiro atoms. The average Bonchev–Trinajstić information content (AvgIpc) is 3.24. The van der Waals surface area contributed by atoms with E-state index in [2.05, 4.69) is 31.3 Å². The number of aliphatic hydroxyl groups is 1. The van der Waals surface area contributed by atoms with Crippen molar-refractivity contribution in [3.05, 3.63) is 12.2 Å². The molecular formula is C54H109N2O6P. The fourth-order valence-electron chi connectivity index (χ4n) is 8.39. The number of phosphoric acid groups is 1. The largest absolute Gasteiger partial charge is 0.756 e. The number of likely N-dealkylation sites (N-methyl/N-ethyl adjacent to an activating group) is 1. The van der Waals surface area contributed by atoms with E-state index in [4.69, 9.17) is 9.05 Å². The molecule has 3 unspecified atom stereocenters. The van der Waals surface area contributed by atoms with Crippen LogP contribution in [0.25, 0.3) is 0 Å². The number of hydrogen-bond donors (Lipinski definition) is 2. The van der Waals surface area contributed by atoms with Gasteiger partial charge in [-0.1, -0.05) is 244 Å². The van der Waals surface area contributed by atoms with Crippen LogP contribution in [0.4, 0.5) is 0 Å². The Morgan fingerprint density at radius 3 is 1.24 bits per heavy atom. The minimum Gasteiger partial charge on any atom is -0.756 e. The van der Waals surface area contributed by atoms with Gasteiger partial charge in [0, 0.05) is 6.42 Å². The molecule has 0 aliphatic heterocycles. The smallest absolute Gasteiger partial charge is 0.268 e. The summed E-state index contributed by atoms with van der Waals surface area (Å²) < 4.78 is 23.4. The molecule has 1 amide bonds. The van der Waals surface area contributed by atoms with Crippen LogP contribution in [0.15, 0.2) is 12.2 Å². The van der Waals surface area contributed by atoms with E-state index in [1.165, 1.54) is 212 Å². The molecule has 0 aliphatic carbocycles. The zero-order chi connectivity index (χ0) is 46.4. The van der Waals surface area contributed by atoms with Crippen LogP contribution in [-0.4, -0.2) is 68.5 Å². The summed E-state index contributed by atoms with van der Waals surface area (Å²) in [5.41, 5.74) is 0. The van der Waals surface area contributed by atoms with Gasteiger partial charge in [-0.15, -0.1) is 0 Å². The van der Waals surface area contributed by atoms with Crippen LogP contribution in [0.3, 0.4) is 0 Å². The van der Waals surface area contributed by atoms with E-state index in [9.17, 15) is 19.4 Å². The Bertz CT molecular complexity index is 1040. The van der Waals surface area contributed by atoms with Crippen LogP contribution >= 0.6 is 7.82 Å². The minimum absolute atomic E-state index is 0.0137. The maximum Gasteiger partial charge on any atom is 0.268 e. The van der Waals surface area contributed by atoms with E-state index in [1.54, 1.807) is 0 Å². The minimum atomic E-state index is -4.57. The van der Waals surface area contributed by atoms with E-state index in [-0.39, 0.29) is 19.1 Å². The molecule has 8 nitrogen and oxygen atoms in total. The SMILES string of the molecule is CCCCCCCCCCCC/C=C\CCCCCCCCCC(=O)NC(COP(=O)([O-])OCC[N+](C)(C)C)C(O)CCCCCCCCCCCCCCCCCCCCCC. The van der Waals surface area contributed by atoms with Crippen molar-refractivity contribution in [2.24, 2.45) is 0 Å². The maximum absolute atomic E-state index is 13.0. The highest BCUT2D eigenvalue weighted by Crippen LogP contribution is 2.38. The summed E-state index contributed by atoms with van der Waals surface area (Å²) in [7, 11) is 1.31. The number of quaternary nitrogens is 1. The summed E-state index contributed by atoms with van der Waals surface area (Å²) in [5.74, 6) is -0.164. The molecule has 0 heterocycles. The van der Waals surface area contributed by atoms with Gasteiger partial charge in [0.05, 0.1) is 39.9 Å². The molecule has 63 heavy (non-hydrogen) atoms. The number of allylic oxidation sites excluding steroid dienone is 2. The topological polar surface area (TPSA) is 108 Å². The van der Waals surface area contributed by atoms with E-state index in [1.807, 2.05) is 21.1 Å². The Morgan fingerprint density at radius 1 is 0.540 bits per heavy atom. The van der Waals surface area contributed by atoms with Gasteiger partial charge in [0.15, 0.2) is 0 Å². The first-order chi connectivity index (χ1) is 30.5. The lowest BCUT2D eigenvalue weighted by atomic mass is 10.0. The van der Waals surface area contributed by atoms with Gasteiger partial charge in [0.25, 0.3) is 7.82 Å². The van der Waals surface area contributed by atoms with E-state index in [0.717, 1.165) is 38.5 Å². The lowest BCUT2D eigenvalue weighted by Gasteiger charge is -2.30. The standard InChI is InChI=1S/C54H109N2O6P/c1-6-8-10-12-14-16-18-20-22-24-26-28-30-32-34-36-38-40-42-44-46-48-54(58)55-52(51-62-63(59,60)61-50-49-56(3,4)5)53(57)47-45-43-41-39-37-35-33-31-29-27-25-23-21-19-17-15-13-11-9-7-2/h28,30,52-53,57H,6-27,29,31-51H2,1-5H3,(H-,55,58,59,60)/b30-28-. The number of aliphatic hydroxyl groups excluding tert-OH is 1. The molecule has 0 bridgehead atoms. The molecular weight excluding hydrogens is 804 g/mol. The second kappa shape index (κ2) is 46.4. The highest BCUT2D eigenvalue weighted by Gasteiger charge is 2.24. The number of carbonyl (C=O) groups excluding carboxylic acids is 1.